The van der Waals surface area contributed by atoms with Crippen molar-refractivity contribution in [3.8, 4) is 0 Å². The van der Waals surface area contributed by atoms with Crippen molar-refractivity contribution < 1.29 is 19.1 Å². The first-order valence-corrected chi connectivity index (χ1v) is 8.87. The van der Waals surface area contributed by atoms with Crippen molar-refractivity contribution in [2.75, 3.05) is 20.8 Å². The van der Waals surface area contributed by atoms with Crippen molar-refractivity contribution in [1.82, 2.24) is 20.0 Å². The summed E-state index contributed by atoms with van der Waals surface area (Å²) in [5, 5.41) is 7.29. The van der Waals surface area contributed by atoms with Crippen molar-refractivity contribution >= 4 is 11.8 Å². The minimum atomic E-state index is -0.772. The van der Waals surface area contributed by atoms with Gasteiger partial charge in [-0.3, -0.25) is 14.3 Å². The second-order valence-electron chi connectivity index (χ2n) is 7.95. The number of carbonyl (C=O) groups is 2. The van der Waals surface area contributed by atoms with Crippen LogP contribution in [-0.2, 0) is 26.1 Å². The van der Waals surface area contributed by atoms with Crippen LogP contribution in [0.5, 0.6) is 0 Å². The van der Waals surface area contributed by atoms with Crippen LogP contribution < -0.4 is 5.32 Å². The molecular weight excluding hydrogens is 336 g/mol. The van der Waals surface area contributed by atoms with Gasteiger partial charge in [-0.1, -0.05) is 20.8 Å². The SMILES string of the molecule is COC1C(C)C(NC(=O)[C@@H]2OCC(=O)N(C)[C@@H]2c2cnn(C)c2)C1(C)C. The zero-order valence-corrected chi connectivity index (χ0v) is 16.2. The van der Waals surface area contributed by atoms with E-state index in [1.807, 2.05) is 0 Å². The quantitative estimate of drug-likeness (QED) is 0.841. The first kappa shape index (κ1) is 18.8. The van der Waals surface area contributed by atoms with Gasteiger partial charge < -0.3 is 19.7 Å². The number of ether oxygens (including phenoxy) is 2. The number of aromatic nitrogens is 2. The number of amides is 2. The van der Waals surface area contributed by atoms with Crippen LogP contribution in [0.4, 0.5) is 0 Å². The molecule has 0 bridgehead atoms. The molecule has 1 aromatic heterocycles. The fourth-order valence-electron chi connectivity index (χ4n) is 4.58. The summed E-state index contributed by atoms with van der Waals surface area (Å²) in [6.07, 6.45) is 2.80. The Kier molecular flexibility index (Phi) is 4.83. The average Bonchev–Trinajstić information content (AvgIpc) is 3.00. The fourth-order valence-corrected chi connectivity index (χ4v) is 4.58. The van der Waals surface area contributed by atoms with Crippen molar-refractivity contribution in [2.24, 2.45) is 18.4 Å². The predicted molar refractivity (Wildman–Crippen MR) is 94.1 cm³/mol. The summed E-state index contributed by atoms with van der Waals surface area (Å²) in [6, 6.07) is -0.511. The highest BCUT2D eigenvalue weighted by molar-refractivity contribution is 5.86. The van der Waals surface area contributed by atoms with Crippen LogP contribution in [0, 0.1) is 11.3 Å². The maximum Gasteiger partial charge on any atom is 0.251 e. The number of likely N-dealkylation sites (N-methyl/N-ethyl adjacent to an activating group) is 1. The van der Waals surface area contributed by atoms with E-state index in [0.29, 0.717) is 0 Å². The Balaban J connectivity index is 1.80. The molecule has 3 rings (SSSR count). The molecule has 0 spiro atoms. The second-order valence-corrected chi connectivity index (χ2v) is 7.95. The summed E-state index contributed by atoms with van der Waals surface area (Å²) in [5.74, 6) is -0.156. The number of methoxy groups -OCH3 is 1. The van der Waals surface area contributed by atoms with Gasteiger partial charge in [-0.15, -0.1) is 0 Å². The molecule has 1 aliphatic carbocycles. The van der Waals surface area contributed by atoms with Crippen LogP contribution in [-0.4, -0.2) is 65.5 Å². The highest BCUT2D eigenvalue weighted by atomic mass is 16.5. The third-order valence-corrected chi connectivity index (χ3v) is 5.90. The third-order valence-electron chi connectivity index (χ3n) is 5.90. The van der Waals surface area contributed by atoms with E-state index in [1.54, 1.807) is 43.2 Å². The highest BCUT2D eigenvalue weighted by Crippen LogP contribution is 2.47. The fraction of sp³-hybridized carbons (Fsp3) is 0.722. The summed E-state index contributed by atoms with van der Waals surface area (Å²) in [7, 11) is 5.19. The van der Waals surface area contributed by atoms with E-state index in [4.69, 9.17) is 9.47 Å². The van der Waals surface area contributed by atoms with Gasteiger partial charge >= 0.3 is 0 Å². The Bertz CT molecular complexity index is 701. The normalized spacial score (nSPS) is 33.7. The third kappa shape index (κ3) is 2.91. The van der Waals surface area contributed by atoms with Crippen LogP contribution >= 0.6 is 0 Å². The summed E-state index contributed by atoms with van der Waals surface area (Å²) < 4.78 is 12.9. The molecule has 0 aromatic carbocycles. The smallest absolute Gasteiger partial charge is 0.251 e. The Hall–Kier alpha value is -1.93. The van der Waals surface area contributed by atoms with Crippen LogP contribution in [0.25, 0.3) is 0 Å². The van der Waals surface area contributed by atoms with Gasteiger partial charge in [-0.05, 0) is 0 Å². The second kappa shape index (κ2) is 6.66. The molecule has 2 amide bonds. The Labute approximate surface area is 153 Å². The zero-order chi connectivity index (χ0) is 19.2. The van der Waals surface area contributed by atoms with Crippen molar-refractivity contribution in [2.45, 2.75) is 45.1 Å². The van der Waals surface area contributed by atoms with Gasteiger partial charge in [-0.25, -0.2) is 0 Å². The average molecular weight is 364 g/mol. The van der Waals surface area contributed by atoms with Crippen LogP contribution in [0.3, 0.4) is 0 Å². The van der Waals surface area contributed by atoms with Crippen LogP contribution in [0.2, 0.25) is 0 Å². The number of carbonyl (C=O) groups excluding carboxylic acids is 2. The lowest BCUT2D eigenvalue weighted by atomic mass is 9.58. The standard InChI is InChI=1S/C18H28N4O4/c1-10-15(18(2,3)16(10)25-6)20-17(24)14-13(11-7-19-21(4)8-11)22(5)12(23)9-26-14/h7-8,10,13-16H,9H2,1-6H3,(H,20,24)/t10?,13-,14-,15?,16?/m1/s1. The monoisotopic (exact) mass is 364 g/mol. The van der Waals surface area contributed by atoms with Crippen LogP contribution in [0.1, 0.15) is 32.4 Å². The van der Waals surface area contributed by atoms with E-state index < -0.39 is 12.1 Å². The first-order valence-electron chi connectivity index (χ1n) is 8.87. The van der Waals surface area contributed by atoms with Gasteiger partial charge in [0.1, 0.15) is 6.61 Å². The van der Waals surface area contributed by atoms with Crippen molar-refractivity contribution in [3.05, 3.63) is 18.0 Å². The molecule has 1 saturated carbocycles. The maximum atomic E-state index is 13.0. The number of rotatable bonds is 4. The maximum absolute atomic E-state index is 13.0. The first-order chi connectivity index (χ1) is 12.2. The molecule has 144 valence electrons. The molecule has 5 atom stereocenters. The van der Waals surface area contributed by atoms with Gasteiger partial charge in [0, 0.05) is 50.3 Å². The zero-order valence-electron chi connectivity index (χ0n) is 16.2. The molecule has 1 aromatic rings. The van der Waals surface area contributed by atoms with Gasteiger partial charge in [0.2, 0.25) is 5.91 Å². The molecule has 26 heavy (non-hydrogen) atoms. The molecular formula is C18H28N4O4. The van der Waals surface area contributed by atoms with Gasteiger partial charge in [0.05, 0.1) is 18.3 Å². The van der Waals surface area contributed by atoms with E-state index in [2.05, 4.69) is 31.2 Å². The molecule has 2 aliphatic rings. The lowest BCUT2D eigenvalue weighted by molar-refractivity contribution is -0.171. The van der Waals surface area contributed by atoms with E-state index in [-0.39, 0.29) is 41.9 Å². The molecule has 2 heterocycles. The molecule has 0 radical (unpaired) electrons. The molecule has 8 nitrogen and oxygen atoms in total. The number of aryl methyl sites for hydroxylation is 1. The van der Waals surface area contributed by atoms with E-state index in [0.717, 1.165) is 5.56 Å². The Morgan fingerprint density at radius 1 is 1.42 bits per heavy atom. The molecule has 1 aliphatic heterocycles. The molecule has 1 N–H and O–H groups in total. The predicted octanol–water partition coefficient (Wildman–Crippen LogP) is 0.494. The summed E-state index contributed by atoms with van der Waals surface area (Å²) in [5.41, 5.74) is 0.614. The summed E-state index contributed by atoms with van der Waals surface area (Å²) >= 11 is 0. The lowest BCUT2D eigenvalue weighted by Crippen LogP contribution is -2.69. The van der Waals surface area contributed by atoms with Crippen molar-refractivity contribution in [3.63, 3.8) is 0 Å². The van der Waals surface area contributed by atoms with E-state index in [1.165, 1.54) is 0 Å². The lowest BCUT2D eigenvalue weighted by Gasteiger charge is -2.56. The Morgan fingerprint density at radius 3 is 2.65 bits per heavy atom. The number of hydrogen-bond acceptors (Lipinski definition) is 5. The van der Waals surface area contributed by atoms with Crippen molar-refractivity contribution in [1.29, 1.82) is 0 Å². The summed E-state index contributed by atoms with van der Waals surface area (Å²) in [6.45, 7) is 6.14. The summed E-state index contributed by atoms with van der Waals surface area (Å²) in [4.78, 5) is 26.7. The topological polar surface area (TPSA) is 85.7 Å². The Morgan fingerprint density at radius 2 is 2.12 bits per heavy atom. The van der Waals surface area contributed by atoms with Gasteiger partial charge in [0.15, 0.2) is 6.10 Å². The molecule has 3 unspecified atom stereocenters. The van der Waals surface area contributed by atoms with Gasteiger partial charge in [-0.2, -0.15) is 5.10 Å². The number of hydrogen-bond donors (Lipinski definition) is 1. The van der Waals surface area contributed by atoms with Gasteiger partial charge in [0.25, 0.3) is 5.91 Å². The van der Waals surface area contributed by atoms with E-state index >= 15 is 0 Å². The molecule has 1 saturated heterocycles. The van der Waals surface area contributed by atoms with Crippen LogP contribution in [0.15, 0.2) is 12.4 Å². The minimum absolute atomic E-state index is 0.0129. The van der Waals surface area contributed by atoms with E-state index in [9.17, 15) is 9.59 Å². The number of nitrogens with one attached hydrogen (secondary N) is 1. The number of morpholine rings is 1. The molecule has 2 fully saturated rings. The highest BCUT2D eigenvalue weighted by Gasteiger charge is 2.56. The largest absolute Gasteiger partial charge is 0.380 e. The molecule has 8 heteroatoms. The number of nitrogens with zero attached hydrogens (tertiary/aromatic N) is 3. The minimum Gasteiger partial charge on any atom is -0.380 e.